The van der Waals surface area contributed by atoms with E-state index in [1.807, 2.05) is 25.8 Å². The summed E-state index contributed by atoms with van der Waals surface area (Å²) in [5.74, 6) is 0.221. The number of ether oxygens (including phenoxy) is 3. The predicted octanol–water partition coefficient (Wildman–Crippen LogP) is 5.80. The van der Waals surface area contributed by atoms with Gasteiger partial charge in [0.2, 0.25) is 6.79 Å². The Kier molecular flexibility index (Phi) is 9.51. The third-order valence-corrected chi connectivity index (χ3v) is 10.5. The zero-order valence-corrected chi connectivity index (χ0v) is 32.1. The summed E-state index contributed by atoms with van der Waals surface area (Å²) in [4.78, 5) is 17.2. The number of fused-ring (bicyclic) bond motifs is 9. The Morgan fingerprint density at radius 2 is 1.80 bits per heavy atom. The van der Waals surface area contributed by atoms with Crippen molar-refractivity contribution < 1.29 is 86.5 Å². The molecule has 5 atom stereocenters. The molecule has 2 bridgehead atoms. The van der Waals surface area contributed by atoms with Gasteiger partial charge in [-0.15, -0.1) is 0 Å². The van der Waals surface area contributed by atoms with E-state index in [1.165, 1.54) is 18.2 Å². The van der Waals surface area contributed by atoms with E-state index in [0.29, 0.717) is 41.0 Å². The van der Waals surface area contributed by atoms with Gasteiger partial charge in [0.05, 0.1) is 23.7 Å². The molecule has 7 rings (SSSR count). The van der Waals surface area contributed by atoms with Crippen LogP contribution >= 0.6 is 0 Å². The van der Waals surface area contributed by atoms with Crippen molar-refractivity contribution in [2.45, 2.75) is 70.0 Å². The fourth-order valence-corrected chi connectivity index (χ4v) is 8.06. The summed E-state index contributed by atoms with van der Waals surface area (Å²) in [5.41, 5.74) is 4.46. The average Bonchev–Trinajstić information content (AvgIpc) is 3.54. The van der Waals surface area contributed by atoms with Gasteiger partial charge in [-0.3, -0.25) is 9.80 Å². The molecule has 0 aromatic heterocycles. The standard InChI is InChI=1S/C36H34F3N3O6.Ac/c1-17-10-21-12-24-26(14-40)42-25(31(41(24)4)29(21)33(45)18(17)2)13-23-30(35-34(47-16-48-35)19(3)32(23)44)27(42)15-46-28(43)9-8-20-6-5-7-22(11-20)36(37,38)39;/h5-11,24-27,31,44-45H,12-13,15-16H2,1-4H3;/b9-8+;/t24-,25?,26-,27-,31-;/m0./s1. The van der Waals surface area contributed by atoms with Crippen LogP contribution in [0.3, 0.4) is 0 Å². The zero-order chi connectivity index (χ0) is 34.2. The van der Waals surface area contributed by atoms with E-state index in [4.69, 9.17) is 14.2 Å². The number of likely N-dealkylation sites (N-methyl/N-ethyl adjacent to an activating group) is 1. The number of aromatic hydroxyl groups is 2. The molecule has 1 saturated heterocycles. The normalized spacial score (nSPS) is 24.0. The Morgan fingerprint density at radius 1 is 1.06 bits per heavy atom. The summed E-state index contributed by atoms with van der Waals surface area (Å²) >= 11 is 0. The number of rotatable bonds is 4. The first-order valence-corrected chi connectivity index (χ1v) is 15.7. The van der Waals surface area contributed by atoms with Gasteiger partial charge in [0.1, 0.15) is 24.1 Å². The van der Waals surface area contributed by atoms with Crippen LogP contribution in [-0.2, 0) is 28.5 Å². The van der Waals surface area contributed by atoms with Crippen LogP contribution in [0.25, 0.3) is 6.08 Å². The fraction of sp³-hybridized carbons (Fsp3) is 0.389. The van der Waals surface area contributed by atoms with Crippen molar-refractivity contribution in [1.29, 1.82) is 5.26 Å². The number of carbonyl (C=O) groups is 1. The molecule has 13 heteroatoms. The monoisotopic (exact) mass is 888 g/mol. The predicted molar refractivity (Wildman–Crippen MR) is 167 cm³/mol. The van der Waals surface area contributed by atoms with E-state index in [0.717, 1.165) is 40.5 Å². The number of benzene rings is 3. The molecule has 1 fully saturated rings. The third kappa shape index (κ3) is 5.79. The Hall–Kier alpha value is -3.29. The van der Waals surface area contributed by atoms with Crippen molar-refractivity contribution in [2.24, 2.45) is 0 Å². The van der Waals surface area contributed by atoms with E-state index in [-0.39, 0.29) is 86.6 Å². The number of piperazine rings is 1. The molecule has 0 saturated carbocycles. The molecule has 4 heterocycles. The average molecular weight is 889 g/mol. The van der Waals surface area contributed by atoms with E-state index < -0.39 is 35.8 Å². The molecule has 0 spiro atoms. The first kappa shape index (κ1) is 35.5. The van der Waals surface area contributed by atoms with Crippen molar-refractivity contribution in [3.63, 3.8) is 0 Å². The van der Waals surface area contributed by atoms with Crippen molar-refractivity contribution in [2.75, 3.05) is 20.4 Å². The van der Waals surface area contributed by atoms with Crippen molar-refractivity contribution in [1.82, 2.24) is 9.80 Å². The maximum absolute atomic E-state index is 13.2. The van der Waals surface area contributed by atoms with Crippen LogP contribution in [-0.4, -0.2) is 64.6 Å². The molecule has 2 N–H and O–H groups in total. The summed E-state index contributed by atoms with van der Waals surface area (Å²) < 4.78 is 57.1. The molecule has 3 aromatic rings. The van der Waals surface area contributed by atoms with Crippen LogP contribution in [0.1, 0.15) is 62.2 Å². The van der Waals surface area contributed by atoms with E-state index in [1.54, 1.807) is 6.92 Å². The topological polar surface area (TPSA) is 115 Å². The van der Waals surface area contributed by atoms with Crippen LogP contribution in [0.15, 0.2) is 36.4 Å². The molecule has 253 valence electrons. The number of phenolic OH excluding ortho intramolecular Hbond substituents is 2. The largest absolute Gasteiger partial charge is 0.507 e. The molecule has 1 radical (unpaired) electrons. The molecular weight excluding hydrogens is 854 g/mol. The molecule has 0 aliphatic carbocycles. The van der Waals surface area contributed by atoms with Crippen LogP contribution in [0.2, 0.25) is 0 Å². The summed E-state index contributed by atoms with van der Waals surface area (Å²) in [6.07, 6.45) is -1.40. The Balaban J connectivity index is 0.00000417. The van der Waals surface area contributed by atoms with Crippen LogP contribution < -0.4 is 9.47 Å². The Morgan fingerprint density at radius 3 is 2.51 bits per heavy atom. The quantitative estimate of drug-likeness (QED) is 0.248. The molecule has 9 nitrogen and oxygen atoms in total. The first-order chi connectivity index (χ1) is 22.8. The molecule has 0 amide bonds. The number of carbonyl (C=O) groups excluding carboxylic acids is 1. The van der Waals surface area contributed by atoms with Crippen LogP contribution in [0.4, 0.5) is 13.2 Å². The number of nitrogens with zero attached hydrogens (tertiary/aromatic N) is 3. The van der Waals surface area contributed by atoms with Gasteiger partial charge in [-0.1, -0.05) is 18.2 Å². The Bertz CT molecular complexity index is 1930. The number of nitriles is 1. The number of halogens is 3. The number of phenols is 2. The van der Waals surface area contributed by atoms with Crippen molar-refractivity contribution in [3.05, 3.63) is 86.5 Å². The van der Waals surface area contributed by atoms with Gasteiger partial charge >= 0.3 is 12.1 Å². The summed E-state index contributed by atoms with van der Waals surface area (Å²) in [6.45, 7) is 5.23. The number of hydrogen-bond acceptors (Lipinski definition) is 9. The van der Waals surface area contributed by atoms with E-state index >= 15 is 0 Å². The van der Waals surface area contributed by atoms with E-state index in [9.17, 15) is 33.4 Å². The fourth-order valence-electron chi connectivity index (χ4n) is 8.06. The smallest absolute Gasteiger partial charge is 0.416 e. The SMILES string of the molecule is Cc1cc2c(c(O)c1C)[C@@H]1C3Cc4c(O)c(C)c5c(c4[C@H](COC(=O)/C=C/c4cccc(C(F)(F)F)c4)N3[C@@H](C#N)[C@H](C2)N1C)OCO5.[Ac]. The van der Waals surface area contributed by atoms with E-state index in [2.05, 4.69) is 17.0 Å². The molecule has 49 heavy (non-hydrogen) atoms. The number of esters is 1. The Labute approximate surface area is 317 Å². The van der Waals surface area contributed by atoms with Gasteiger partial charge in [0.15, 0.2) is 11.5 Å². The number of alkyl halides is 3. The van der Waals surface area contributed by atoms with Gasteiger partial charge in [-0.25, -0.2) is 4.79 Å². The summed E-state index contributed by atoms with van der Waals surface area (Å²) in [7, 11) is 1.95. The number of aryl methyl sites for hydroxylation is 1. The second-order valence-corrected chi connectivity index (χ2v) is 12.9. The molecule has 4 aliphatic heterocycles. The van der Waals surface area contributed by atoms with Crippen molar-refractivity contribution >= 4 is 12.0 Å². The third-order valence-electron chi connectivity index (χ3n) is 10.5. The van der Waals surface area contributed by atoms with Crippen LogP contribution in [0, 0.1) is 76.2 Å². The molecular formula is C36H34AcF3N3O6. The molecule has 4 aliphatic rings. The van der Waals surface area contributed by atoms with Gasteiger partial charge < -0.3 is 24.4 Å². The first-order valence-electron chi connectivity index (χ1n) is 15.7. The second kappa shape index (κ2) is 13.1. The zero-order valence-electron chi connectivity index (χ0n) is 27.3. The van der Waals surface area contributed by atoms with Gasteiger partial charge in [0, 0.05) is 84.5 Å². The van der Waals surface area contributed by atoms with Gasteiger partial charge in [-0.2, -0.15) is 18.4 Å². The van der Waals surface area contributed by atoms with Gasteiger partial charge in [-0.05, 0) is 81.1 Å². The minimum atomic E-state index is -4.53. The van der Waals surface area contributed by atoms with Crippen LogP contribution in [0.5, 0.6) is 23.0 Å². The van der Waals surface area contributed by atoms with Gasteiger partial charge in [0.25, 0.3) is 0 Å². The summed E-state index contributed by atoms with van der Waals surface area (Å²) in [6, 6.07) is 6.69. The van der Waals surface area contributed by atoms with Crippen molar-refractivity contribution in [3.8, 4) is 29.1 Å². The molecule has 1 unspecified atom stereocenters. The number of hydrogen-bond donors (Lipinski definition) is 2. The second-order valence-electron chi connectivity index (χ2n) is 12.9. The summed E-state index contributed by atoms with van der Waals surface area (Å²) in [5, 5.41) is 33.8. The minimum absolute atomic E-state index is 0. The minimum Gasteiger partial charge on any atom is -0.507 e. The maximum Gasteiger partial charge on any atom is 0.416 e. The maximum atomic E-state index is 13.2. The molecule has 3 aromatic carbocycles.